The van der Waals surface area contributed by atoms with Crippen molar-refractivity contribution in [3.05, 3.63) is 65.7 Å². The van der Waals surface area contributed by atoms with Crippen molar-refractivity contribution < 1.29 is 26.8 Å². The minimum atomic E-state index is -3.80. The fourth-order valence-corrected chi connectivity index (χ4v) is 4.67. The summed E-state index contributed by atoms with van der Waals surface area (Å²) in [5, 5.41) is 2.84. The van der Waals surface area contributed by atoms with Gasteiger partial charge < -0.3 is 10.2 Å². The Balaban J connectivity index is 2.19. The lowest BCUT2D eigenvalue weighted by Crippen LogP contribution is -2.49. The number of nitrogens with zero attached hydrogens (tertiary/aromatic N) is 2. The fraction of sp³-hybridized carbons (Fsp3) is 0.440. The first-order chi connectivity index (χ1) is 16.6. The molecule has 0 aliphatic carbocycles. The molecule has 7 nitrogen and oxygen atoms in total. The summed E-state index contributed by atoms with van der Waals surface area (Å²) in [7, 11) is -3.80. The van der Waals surface area contributed by atoms with Gasteiger partial charge in [0.15, 0.2) is 11.6 Å². The number of sulfonamides is 1. The van der Waals surface area contributed by atoms with Crippen molar-refractivity contribution in [2.45, 2.75) is 52.1 Å². The van der Waals surface area contributed by atoms with Crippen molar-refractivity contribution in [3.63, 3.8) is 0 Å². The summed E-state index contributed by atoms with van der Waals surface area (Å²) in [6.07, 6.45) is 2.24. The van der Waals surface area contributed by atoms with E-state index in [1.165, 1.54) is 11.0 Å². The lowest BCUT2D eigenvalue weighted by atomic mass is 10.1. The number of halogens is 2. The van der Waals surface area contributed by atoms with E-state index in [4.69, 9.17) is 0 Å². The predicted octanol–water partition coefficient (Wildman–Crippen LogP) is 3.84. The molecule has 0 aliphatic rings. The van der Waals surface area contributed by atoms with E-state index in [1.54, 1.807) is 0 Å². The van der Waals surface area contributed by atoms with Gasteiger partial charge >= 0.3 is 0 Å². The van der Waals surface area contributed by atoms with Gasteiger partial charge in [-0.3, -0.25) is 13.9 Å². The van der Waals surface area contributed by atoms with E-state index in [9.17, 15) is 26.8 Å². The Morgan fingerprint density at radius 2 is 1.71 bits per heavy atom. The molecule has 0 aliphatic heterocycles. The maximum absolute atomic E-state index is 13.7. The highest BCUT2D eigenvalue weighted by Gasteiger charge is 2.28. The number of hydrogen-bond donors (Lipinski definition) is 1. The molecule has 2 aromatic carbocycles. The SMILES string of the molecule is CCCNC(=O)[C@H](CC)N(Cc1ccccc1)C(=O)CCCN(c1ccc(F)c(F)c1)S(C)(=O)=O. The molecule has 0 radical (unpaired) electrons. The molecule has 192 valence electrons. The van der Waals surface area contributed by atoms with E-state index in [2.05, 4.69) is 5.32 Å². The van der Waals surface area contributed by atoms with Crippen molar-refractivity contribution in [2.75, 3.05) is 23.7 Å². The van der Waals surface area contributed by atoms with Crippen LogP contribution in [0.2, 0.25) is 0 Å². The average molecular weight is 510 g/mol. The molecule has 0 spiro atoms. The van der Waals surface area contributed by atoms with Crippen LogP contribution in [0.4, 0.5) is 14.5 Å². The molecule has 2 amide bonds. The molecular formula is C25H33F2N3O4S. The Bertz CT molecular complexity index is 1100. The number of anilines is 1. The van der Waals surface area contributed by atoms with Gasteiger partial charge in [-0.15, -0.1) is 0 Å². The second kappa shape index (κ2) is 13.2. The van der Waals surface area contributed by atoms with Gasteiger partial charge in [0.2, 0.25) is 21.8 Å². The molecule has 0 saturated carbocycles. The molecule has 0 heterocycles. The lowest BCUT2D eigenvalue weighted by Gasteiger charge is -2.31. The topological polar surface area (TPSA) is 86.8 Å². The van der Waals surface area contributed by atoms with Gasteiger partial charge in [-0.2, -0.15) is 0 Å². The van der Waals surface area contributed by atoms with Crippen LogP contribution in [-0.4, -0.2) is 50.5 Å². The molecular weight excluding hydrogens is 476 g/mol. The molecule has 0 unspecified atom stereocenters. The third kappa shape index (κ3) is 8.31. The van der Waals surface area contributed by atoms with Gasteiger partial charge in [0, 0.05) is 32.1 Å². The van der Waals surface area contributed by atoms with E-state index < -0.39 is 27.7 Å². The summed E-state index contributed by atoms with van der Waals surface area (Å²) < 4.78 is 52.5. The van der Waals surface area contributed by atoms with Crippen LogP contribution in [0.3, 0.4) is 0 Å². The van der Waals surface area contributed by atoms with E-state index in [1.807, 2.05) is 44.2 Å². The normalized spacial score (nSPS) is 12.1. The van der Waals surface area contributed by atoms with Crippen molar-refractivity contribution in [3.8, 4) is 0 Å². The highest BCUT2D eigenvalue weighted by molar-refractivity contribution is 7.92. The number of amides is 2. The summed E-state index contributed by atoms with van der Waals surface area (Å²) in [5.74, 6) is -2.78. The van der Waals surface area contributed by atoms with Crippen molar-refractivity contribution in [2.24, 2.45) is 0 Å². The first kappa shape index (κ1) is 28.2. The van der Waals surface area contributed by atoms with Crippen LogP contribution in [0.5, 0.6) is 0 Å². The fourth-order valence-electron chi connectivity index (χ4n) is 3.71. The summed E-state index contributed by atoms with van der Waals surface area (Å²) >= 11 is 0. The smallest absolute Gasteiger partial charge is 0.242 e. The lowest BCUT2D eigenvalue weighted by molar-refractivity contribution is -0.141. The van der Waals surface area contributed by atoms with E-state index in [-0.39, 0.29) is 43.4 Å². The third-order valence-electron chi connectivity index (χ3n) is 5.47. The number of benzene rings is 2. The summed E-state index contributed by atoms with van der Waals surface area (Å²) in [4.78, 5) is 27.5. The maximum Gasteiger partial charge on any atom is 0.242 e. The van der Waals surface area contributed by atoms with Gasteiger partial charge in [-0.1, -0.05) is 44.2 Å². The number of nitrogens with one attached hydrogen (secondary N) is 1. The van der Waals surface area contributed by atoms with Crippen molar-refractivity contribution in [1.29, 1.82) is 0 Å². The van der Waals surface area contributed by atoms with Gasteiger partial charge in [0.1, 0.15) is 6.04 Å². The Labute approximate surface area is 206 Å². The number of carbonyl (C=O) groups is 2. The second-order valence-corrected chi connectivity index (χ2v) is 10.2. The van der Waals surface area contributed by atoms with Crippen molar-refractivity contribution in [1.82, 2.24) is 10.2 Å². The van der Waals surface area contributed by atoms with Crippen LogP contribution < -0.4 is 9.62 Å². The minimum Gasteiger partial charge on any atom is -0.354 e. The molecule has 2 aromatic rings. The number of hydrogen-bond acceptors (Lipinski definition) is 4. The van der Waals surface area contributed by atoms with E-state index >= 15 is 0 Å². The van der Waals surface area contributed by atoms with Crippen LogP contribution in [-0.2, 0) is 26.2 Å². The largest absolute Gasteiger partial charge is 0.354 e. The van der Waals surface area contributed by atoms with Crippen LogP contribution in [0, 0.1) is 11.6 Å². The zero-order valence-corrected chi connectivity index (χ0v) is 21.2. The van der Waals surface area contributed by atoms with E-state index in [0.717, 1.165) is 34.7 Å². The summed E-state index contributed by atoms with van der Waals surface area (Å²) in [6, 6.07) is 11.5. The molecule has 0 fully saturated rings. The van der Waals surface area contributed by atoms with Gasteiger partial charge in [0.05, 0.1) is 11.9 Å². The molecule has 35 heavy (non-hydrogen) atoms. The number of rotatable bonds is 13. The zero-order valence-electron chi connectivity index (χ0n) is 20.3. The van der Waals surface area contributed by atoms with Crippen LogP contribution in [0.15, 0.2) is 48.5 Å². The third-order valence-corrected chi connectivity index (χ3v) is 6.67. The monoisotopic (exact) mass is 509 g/mol. The van der Waals surface area contributed by atoms with Crippen LogP contribution in [0.1, 0.15) is 45.1 Å². The Hall–Kier alpha value is -3.01. The highest BCUT2D eigenvalue weighted by atomic mass is 32.2. The molecule has 1 atom stereocenters. The quantitative estimate of drug-likeness (QED) is 0.445. The number of carbonyl (C=O) groups excluding carboxylic acids is 2. The standard InChI is InChI=1S/C25H33F2N3O4S/c1-4-15-28-25(32)23(5-2)29(18-19-10-7-6-8-11-19)24(31)12-9-16-30(35(3,33)34)20-13-14-21(26)22(27)17-20/h6-8,10-11,13-14,17,23H,4-5,9,12,15-16,18H2,1-3H3,(H,28,32)/t23-/m0/s1. The minimum absolute atomic E-state index is 0.0228. The Morgan fingerprint density at radius 1 is 1.03 bits per heavy atom. The molecule has 0 saturated heterocycles. The maximum atomic E-state index is 13.7. The first-order valence-corrected chi connectivity index (χ1v) is 13.5. The molecule has 10 heteroatoms. The molecule has 1 N–H and O–H groups in total. The second-order valence-electron chi connectivity index (χ2n) is 8.26. The molecule has 0 aromatic heterocycles. The summed E-state index contributed by atoms with van der Waals surface area (Å²) in [5.41, 5.74) is 0.840. The van der Waals surface area contributed by atoms with Crippen LogP contribution >= 0.6 is 0 Å². The highest BCUT2D eigenvalue weighted by Crippen LogP contribution is 2.22. The zero-order chi connectivity index (χ0) is 26.0. The Kier molecular flexibility index (Phi) is 10.6. The first-order valence-electron chi connectivity index (χ1n) is 11.6. The molecule has 0 bridgehead atoms. The van der Waals surface area contributed by atoms with E-state index in [0.29, 0.717) is 13.0 Å². The van der Waals surface area contributed by atoms with Gasteiger partial charge in [0.25, 0.3) is 0 Å². The Morgan fingerprint density at radius 3 is 2.29 bits per heavy atom. The van der Waals surface area contributed by atoms with Crippen LogP contribution in [0.25, 0.3) is 0 Å². The summed E-state index contributed by atoms with van der Waals surface area (Å²) in [6.45, 7) is 4.40. The average Bonchev–Trinajstić information content (AvgIpc) is 2.82. The van der Waals surface area contributed by atoms with Gasteiger partial charge in [-0.25, -0.2) is 17.2 Å². The van der Waals surface area contributed by atoms with Gasteiger partial charge in [-0.05, 0) is 37.0 Å². The molecule has 2 rings (SSSR count). The predicted molar refractivity (Wildman–Crippen MR) is 132 cm³/mol. The van der Waals surface area contributed by atoms with Crippen molar-refractivity contribution >= 4 is 27.5 Å².